The second-order valence-electron chi connectivity index (χ2n) is 5.93. The van der Waals surface area contributed by atoms with Gasteiger partial charge in [0, 0.05) is 13.1 Å². The van der Waals surface area contributed by atoms with Crippen LogP contribution >= 0.6 is 11.8 Å². The minimum absolute atomic E-state index is 0.0750. The molecule has 2 aromatic rings. The maximum Gasteiger partial charge on any atom is 0.308 e. The van der Waals surface area contributed by atoms with E-state index in [9.17, 15) is 9.59 Å². The van der Waals surface area contributed by atoms with Gasteiger partial charge >= 0.3 is 5.97 Å². The molecule has 0 unspecified atom stereocenters. The number of likely N-dealkylation sites (tertiary alicyclic amines) is 1. The smallest absolute Gasteiger partial charge is 0.308 e. The second kappa shape index (κ2) is 8.20. The van der Waals surface area contributed by atoms with Crippen LogP contribution < -0.4 is 0 Å². The molecule has 0 saturated carbocycles. The minimum atomic E-state index is -0.175. The molecular weight excluding hydrogens is 338 g/mol. The van der Waals surface area contributed by atoms with Crippen molar-refractivity contribution in [1.82, 2.24) is 14.9 Å². The van der Waals surface area contributed by atoms with E-state index in [4.69, 9.17) is 4.74 Å². The van der Waals surface area contributed by atoms with Crippen LogP contribution in [0.4, 0.5) is 0 Å². The molecule has 132 valence electrons. The molecule has 3 rings (SSSR count). The average molecular weight is 359 g/mol. The zero-order chi connectivity index (χ0) is 17.6. The molecule has 0 spiro atoms. The highest BCUT2D eigenvalue weighted by molar-refractivity contribution is 7.99. The van der Waals surface area contributed by atoms with Gasteiger partial charge in [-0.2, -0.15) is 0 Å². The molecule has 1 fully saturated rings. The van der Waals surface area contributed by atoms with Crippen LogP contribution in [0.1, 0.15) is 12.8 Å². The van der Waals surface area contributed by atoms with Crippen molar-refractivity contribution in [2.75, 3.05) is 26.0 Å². The monoisotopic (exact) mass is 359 g/mol. The molecule has 6 nitrogen and oxygen atoms in total. The summed E-state index contributed by atoms with van der Waals surface area (Å²) < 4.78 is 4.77. The van der Waals surface area contributed by atoms with Crippen molar-refractivity contribution < 1.29 is 14.3 Å². The number of nitrogens with zero attached hydrogens (tertiary/aromatic N) is 2. The topological polar surface area (TPSA) is 75.3 Å². The van der Waals surface area contributed by atoms with Gasteiger partial charge in [0.15, 0.2) is 5.16 Å². The first kappa shape index (κ1) is 17.5. The van der Waals surface area contributed by atoms with Crippen LogP contribution in [-0.4, -0.2) is 52.7 Å². The lowest BCUT2D eigenvalue weighted by Gasteiger charge is -2.30. The quantitative estimate of drug-likeness (QED) is 0.656. The third kappa shape index (κ3) is 4.42. The number of hydrogen-bond acceptors (Lipinski definition) is 5. The molecule has 0 radical (unpaired) electrons. The number of rotatable bonds is 5. The van der Waals surface area contributed by atoms with Gasteiger partial charge in [0.25, 0.3) is 0 Å². The van der Waals surface area contributed by atoms with Gasteiger partial charge in [-0.15, -0.1) is 0 Å². The van der Waals surface area contributed by atoms with Crippen LogP contribution in [0.3, 0.4) is 0 Å². The highest BCUT2D eigenvalue weighted by Gasteiger charge is 2.27. The van der Waals surface area contributed by atoms with Crippen molar-refractivity contribution in [1.29, 1.82) is 0 Å². The molecule has 2 heterocycles. The average Bonchev–Trinajstić information content (AvgIpc) is 3.15. The Kier molecular flexibility index (Phi) is 5.75. The van der Waals surface area contributed by atoms with E-state index in [-0.39, 0.29) is 17.8 Å². The van der Waals surface area contributed by atoms with Crippen LogP contribution in [0.2, 0.25) is 0 Å². The first-order chi connectivity index (χ1) is 12.2. The number of nitrogens with one attached hydrogen (secondary N) is 1. The molecule has 1 aromatic heterocycles. The molecular formula is C18H21N3O3S. The molecule has 1 amide bonds. The Bertz CT molecular complexity index is 724. The molecule has 1 aliphatic heterocycles. The molecule has 7 heteroatoms. The summed E-state index contributed by atoms with van der Waals surface area (Å²) in [5, 5.41) is 0.733. The molecule has 1 aliphatic rings. The Morgan fingerprint density at radius 3 is 2.68 bits per heavy atom. The molecule has 1 N–H and O–H groups in total. The summed E-state index contributed by atoms with van der Waals surface area (Å²) in [5.74, 6) is 0.154. The number of piperidine rings is 1. The number of H-pyrrole nitrogens is 1. The van der Waals surface area contributed by atoms with Crippen molar-refractivity contribution in [3.8, 4) is 11.3 Å². The van der Waals surface area contributed by atoms with Crippen molar-refractivity contribution >= 4 is 23.6 Å². The number of aromatic nitrogens is 2. The van der Waals surface area contributed by atoms with E-state index in [2.05, 4.69) is 9.97 Å². The first-order valence-corrected chi connectivity index (χ1v) is 9.24. The largest absolute Gasteiger partial charge is 0.469 e. The summed E-state index contributed by atoms with van der Waals surface area (Å²) in [7, 11) is 1.41. The number of thioether (sulfide) groups is 1. The van der Waals surface area contributed by atoms with Crippen LogP contribution in [-0.2, 0) is 14.3 Å². The number of hydrogen-bond donors (Lipinski definition) is 1. The highest BCUT2D eigenvalue weighted by Crippen LogP contribution is 2.23. The van der Waals surface area contributed by atoms with E-state index in [0.29, 0.717) is 31.7 Å². The molecule has 1 saturated heterocycles. The predicted molar refractivity (Wildman–Crippen MR) is 96.1 cm³/mol. The van der Waals surface area contributed by atoms with Crippen LogP contribution in [0, 0.1) is 5.92 Å². The van der Waals surface area contributed by atoms with Crippen molar-refractivity contribution in [3.05, 3.63) is 36.5 Å². The lowest BCUT2D eigenvalue weighted by atomic mass is 9.97. The van der Waals surface area contributed by atoms with Gasteiger partial charge in [0.05, 0.1) is 30.7 Å². The zero-order valence-electron chi connectivity index (χ0n) is 14.1. The third-order valence-electron chi connectivity index (χ3n) is 4.35. The van der Waals surface area contributed by atoms with Gasteiger partial charge in [-0.1, -0.05) is 42.1 Å². The van der Waals surface area contributed by atoms with Crippen molar-refractivity contribution in [2.24, 2.45) is 5.92 Å². The van der Waals surface area contributed by atoms with Gasteiger partial charge < -0.3 is 14.6 Å². The summed E-state index contributed by atoms with van der Waals surface area (Å²) in [6, 6.07) is 9.95. The Morgan fingerprint density at radius 2 is 2.00 bits per heavy atom. The lowest BCUT2D eigenvalue weighted by Crippen LogP contribution is -2.41. The SMILES string of the molecule is COC(=O)C1CCN(C(=O)CSc2ncc(-c3ccccc3)[nH]2)CC1. The fourth-order valence-corrected chi connectivity index (χ4v) is 3.65. The van der Waals surface area contributed by atoms with Crippen LogP contribution in [0.15, 0.2) is 41.7 Å². The molecule has 25 heavy (non-hydrogen) atoms. The van der Waals surface area contributed by atoms with Gasteiger partial charge in [-0.3, -0.25) is 9.59 Å². The normalized spacial score (nSPS) is 15.2. The first-order valence-electron chi connectivity index (χ1n) is 8.26. The molecule has 0 bridgehead atoms. The van der Waals surface area contributed by atoms with E-state index in [1.807, 2.05) is 35.2 Å². The van der Waals surface area contributed by atoms with Crippen LogP contribution in [0.5, 0.6) is 0 Å². The summed E-state index contributed by atoms with van der Waals surface area (Å²) in [5.41, 5.74) is 2.01. The van der Waals surface area contributed by atoms with Gasteiger partial charge in [0.2, 0.25) is 5.91 Å². The number of carbonyl (C=O) groups excluding carboxylic acids is 2. The van der Waals surface area contributed by atoms with E-state index in [0.717, 1.165) is 16.4 Å². The number of aromatic amines is 1. The Labute approximate surface area is 151 Å². The van der Waals surface area contributed by atoms with E-state index in [1.54, 1.807) is 6.20 Å². The summed E-state index contributed by atoms with van der Waals surface area (Å²) >= 11 is 1.40. The van der Waals surface area contributed by atoms with Crippen molar-refractivity contribution in [3.63, 3.8) is 0 Å². The van der Waals surface area contributed by atoms with E-state index < -0.39 is 0 Å². The maximum absolute atomic E-state index is 12.3. The van der Waals surface area contributed by atoms with Crippen LogP contribution in [0.25, 0.3) is 11.3 Å². The predicted octanol–water partition coefficient (Wildman–Crippen LogP) is 2.58. The van der Waals surface area contributed by atoms with Gasteiger partial charge in [-0.25, -0.2) is 4.98 Å². The van der Waals surface area contributed by atoms with E-state index in [1.165, 1.54) is 18.9 Å². The number of amides is 1. The van der Waals surface area contributed by atoms with Crippen molar-refractivity contribution in [2.45, 2.75) is 18.0 Å². The highest BCUT2D eigenvalue weighted by atomic mass is 32.2. The third-order valence-corrected chi connectivity index (χ3v) is 5.22. The Morgan fingerprint density at radius 1 is 1.28 bits per heavy atom. The van der Waals surface area contributed by atoms with Gasteiger partial charge in [-0.05, 0) is 18.4 Å². The zero-order valence-corrected chi connectivity index (χ0v) is 14.9. The molecule has 1 aromatic carbocycles. The Hall–Kier alpha value is -2.28. The van der Waals surface area contributed by atoms with Gasteiger partial charge in [0.1, 0.15) is 0 Å². The maximum atomic E-state index is 12.3. The molecule has 0 aliphatic carbocycles. The fourth-order valence-electron chi connectivity index (χ4n) is 2.89. The number of benzene rings is 1. The fraction of sp³-hybridized carbons (Fsp3) is 0.389. The minimum Gasteiger partial charge on any atom is -0.469 e. The summed E-state index contributed by atoms with van der Waals surface area (Å²) in [6.45, 7) is 1.21. The van der Waals surface area contributed by atoms with E-state index >= 15 is 0 Å². The Balaban J connectivity index is 1.49. The summed E-state index contributed by atoms with van der Waals surface area (Å²) in [4.78, 5) is 33.3. The standard InChI is InChI=1S/C18H21N3O3S/c1-24-17(23)14-7-9-21(10-8-14)16(22)12-25-18-19-11-15(20-18)13-5-3-2-4-6-13/h2-6,11,14H,7-10,12H2,1H3,(H,19,20). The second-order valence-corrected chi connectivity index (χ2v) is 6.90. The number of esters is 1. The number of ether oxygens (including phenoxy) is 1. The molecule has 0 atom stereocenters. The number of carbonyl (C=O) groups is 2. The number of imidazole rings is 1. The number of methoxy groups -OCH3 is 1. The summed E-state index contributed by atoms with van der Waals surface area (Å²) in [6.07, 6.45) is 3.12. The lowest BCUT2D eigenvalue weighted by molar-refractivity contribution is -0.148.